The van der Waals surface area contributed by atoms with Gasteiger partial charge in [-0.3, -0.25) is 14.5 Å². The van der Waals surface area contributed by atoms with Crippen LogP contribution in [0.3, 0.4) is 0 Å². The maximum Gasteiger partial charge on any atom is 0.265 e. The largest absolute Gasteiger partial charge is 0.484 e. The Morgan fingerprint density at radius 2 is 1.83 bits per heavy atom. The monoisotopic (exact) mass is 328 g/mol. The number of amides is 2. The summed E-state index contributed by atoms with van der Waals surface area (Å²) in [5.74, 6) is -0.614. The second-order valence-electron chi connectivity index (χ2n) is 6.00. The van der Waals surface area contributed by atoms with Crippen molar-refractivity contribution in [2.75, 3.05) is 16.8 Å². The topological polar surface area (TPSA) is 58.6 Å². The van der Waals surface area contributed by atoms with Gasteiger partial charge in [-0.15, -0.1) is 0 Å². The van der Waals surface area contributed by atoms with Gasteiger partial charge in [0.05, 0.1) is 11.4 Å². The number of carbonyl (C=O) groups excluding carboxylic acids is 2. The third-order valence-electron chi connectivity index (χ3n) is 3.93. The first-order valence-corrected chi connectivity index (χ1v) is 7.51. The molecule has 2 amide bonds. The van der Waals surface area contributed by atoms with Crippen LogP contribution in [0.25, 0.3) is 0 Å². The highest BCUT2D eigenvalue weighted by Crippen LogP contribution is 2.36. The summed E-state index contributed by atoms with van der Waals surface area (Å²) in [7, 11) is 0. The molecule has 0 spiro atoms. The molecule has 0 saturated heterocycles. The van der Waals surface area contributed by atoms with E-state index in [1.54, 1.807) is 38.1 Å². The molecule has 0 aliphatic carbocycles. The fourth-order valence-electron chi connectivity index (χ4n) is 2.64. The van der Waals surface area contributed by atoms with Gasteiger partial charge < -0.3 is 10.1 Å². The average Bonchev–Trinajstić information content (AvgIpc) is 2.55. The number of nitrogens with one attached hydrogen (secondary N) is 1. The van der Waals surface area contributed by atoms with Crippen LogP contribution in [0, 0.1) is 5.82 Å². The Morgan fingerprint density at radius 3 is 2.54 bits per heavy atom. The van der Waals surface area contributed by atoms with E-state index < -0.39 is 5.54 Å². The summed E-state index contributed by atoms with van der Waals surface area (Å²) in [6.45, 7) is 3.10. The van der Waals surface area contributed by atoms with Crippen LogP contribution < -0.4 is 15.0 Å². The fourth-order valence-corrected chi connectivity index (χ4v) is 2.64. The minimum absolute atomic E-state index is 0.253. The van der Waals surface area contributed by atoms with E-state index in [-0.39, 0.29) is 24.2 Å². The van der Waals surface area contributed by atoms with Crippen LogP contribution in [-0.2, 0) is 9.59 Å². The van der Waals surface area contributed by atoms with Crippen molar-refractivity contribution in [1.29, 1.82) is 0 Å². The lowest BCUT2D eigenvalue weighted by molar-refractivity contribution is -0.127. The molecule has 0 aromatic heterocycles. The normalized spacial score (nSPS) is 15.5. The van der Waals surface area contributed by atoms with E-state index in [0.29, 0.717) is 17.1 Å². The molecule has 0 fully saturated rings. The van der Waals surface area contributed by atoms with Gasteiger partial charge >= 0.3 is 0 Å². The first-order chi connectivity index (χ1) is 11.4. The third kappa shape index (κ3) is 2.82. The van der Waals surface area contributed by atoms with Crippen molar-refractivity contribution in [2.24, 2.45) is 0 Å². The lowest BCUT2D eigenvalue weighted by atomic mass is 9.96. The Labute approximate surface area is 139 Å². The molecule has 1 aliphatic rings. The van der Waals surface area contributed by atoms with Gasteiger partial charge in [-0.25, -0.2) is 4.39 Å². The van der Waals surface area contributed by atoms with Crippen molar-refractivity contribution in [3.63, 3.8) is 0 Å². The Kier molecular flexibility index (Phi) is 3.97. The second-order valence-corrected chi connectivity index (χ2v) is 6.00. The minimum Gasteiger partial charge on any atom is -0.484 e. The smallest absolute Gasteiger partial charge is 0.265 e. The maximum atomic E-state index is 12.9. The number of hydrogen-bond donors (Lipinski definition) is 1. The molecule has 1 N–H and O–H groups in total. The van der Waals surface area contributed by atoms with E-state index in [1.165, 1.54) is 29.2 Å². The second kappa shape index (κ2) is 5.96. The molecule has 0 atom stereocenters. The Balaban J connectivity index is 1.84. The zero-order valence-corrected chi connectivity index (χ0v) is 13.4. The molecule has 24 heavy (non-hydrogen) atoms. The van der Waals surface area contributed by atoms with Crippen LogP contribution >= 0.6 is 0 Å². The van der Waals surface area contributed by atoms with Crippen molar-refractivity contribution in [1.82, 2.24) is 0 Å². The number of nitrogens with zero attached hydrogens (tertiary/aromatic N) is 1. The average molecular weight is 328 g/mol. The molecule has 124 valence electrons. The number of ether oxygens (including phenoxy) is 1. The summed E-state index contributed by atoms with van der Waals surface area (Å²) in [4.78, 5) is 26.5. The summed E-state index contributed by atoms with van der Waals surface area (Å²) < 4.78 is 18.3. The summed E-state index contributed by atoms with van der Waals surface area (Å²) in [5.41, 5.74) is 0.157. The van der Waals surface area contributed by atoms with Crippen molar-refractivity contribution < 1.29 is 18.7 Å². The maximum absolute atomic E-state index is 12.9. The van der Waals surface area contributed by atoms with Gasteiger partial charge in [-0.05, 0) is 50.2 Å². The summed E-state index contributed by atoms with van der Waals surface area (Å²) in [5, 5.41) is 2.80. The highest BCUT2D eigenvalue weighted by molar-refractivity contribution is 6.14. The number of hydrogen-bond acceptors (Lipinski definition) is 3. The highest BCUT2D eigenvalue weighted by Gasteiger charge is 2.43. The van der Waals surface area contributed by atoms with Crippen LogP contribution in [0.4, 0.5) is 15.8 Å². The number of anilines is 2. The number of rotatable bonds is 3. The number of benzene rings is 2. The van der Waals surface area contributed by atoms with Gasteiger partial charge in [0, 0.05) is 0 Å². The molecule has 2 aromatic rings. The van der Waals surface area contributed by atoms with Crippen molar-refractivity contribution >= 4 is 23.2 Å². The molecule has 0 radical (unpaired) electrons. The number of carbonyl (C=O) groups is 2. The van der Waals surface area contributed by atoms with E-state index >= 15 is 0 Å². The molecule has 0 unspecified atom stereocenters. The summed E-state index contributed by atoms with van der Waals surface area (Å²) in [6.07, 6.45) is 0. The molecule has 5 nitrogen and oxygen atoms in total. The Hall–Kier alpha value is -2.89. The van der Waals surface area contributed by atoms with E-state index in [2.05, 4.69) is 5.32 Å². The molecule has 3 rings (SSSR count). The summed E-state index contributed by atoms with van der Waals surface area (Å²) >= 11 is 0. The SMILES string of the molecule is CC1(C)C(=O)Nc2ccccc2N1C(=O)COc1ccc(F)cc1. The van der Waals surface area contributed by atoms with Crippen LogP contribution in [-0.4, -0.2) is 24.0 Å². The zero-order valence-electron chi connectivity index (χ0n) is 13.4. The third-order valence-corrected chi connectivity index (χ3v) is 3.93. The number of para-hydroxylation sites is 2. The van der Waals surface area contributed by atoms with Crippen LogP contribution in [0.2, 0.25) is 0 Å². The lowest BCUT2D eigenvalue weighted by Gasteiger charge is -2.41. The highest BCUT2D eigenvalue weighted by atomic mass is 19.1. The molecule has 0 bridgehead atoms. The molecule has 2 aromatic carbocycles. The molecule has 0 saturated carbocycles. The van der Waals surface area contributed by atoms with Gasteiger partial charge in [0.2, 0.25) is 5.91 Å². The Bertz CT molecular complexity index is 787. The molecule has 6 heteroatoms. The van der Waals surface area contributed by atoms with Crippen molar-refractivity contribution in [3.8, 4) is 5.75 Å². The van der Waals surface area contributed by atoms with E-state index in [1.807, 2.05) is 0 Å². The summed E-state index contributed by atoms with van der Waals surface area (Å²) in [6, 6.07) is 12.5. The lowest BCUT2D eigenvalue weighted by Crippen LogP contribution is -2.59. The standard InChI is InChI=1S/C18H17FN2O3/c1-18(2)17(23)20-14-5-3-4-6-15(14)21(18)16(22)11-24-13-9-7-12(19)8-10-13/h3-10H,11H2,1-2H3,(H,20,23). The van der Waals surface area contributed by atoms with Crippen LogP contribution in [0.15, 0.2) is 48.5 Å². The van der Waals surface area contributed by atoms with E-state index in [4.69, 9.17) is 4.74 Å². The molecular weight excluding hydrogens is 311 g/mol. The van der Waals surface area contributed by atoms with Gasteiger partial charge in [-0.2, -0.15) is 0 Å². The van der Waals surface area contributed by atoms with E-state index in [9.17, 15) is 14.0 Å². The predicted octanol–water partition coefficient (Wildman–Crippen LogP) is 2.97. The quantitative estimate of drug-likeness (QED) is 0.942. The fraction of sp³-hybridized carbons (Fsp3) is 0.222. The first-order valence-electron chi connectivity index (χ1n) is 7.51. The van der Waals surface area contributed by atoms with Gasteiger partial charge in [0.25, 0.3) is 5.91 Å². The number of fused-ring (bicyclic) bond motifs is 1. The van der Waals surface area contributed by atoms with Gasteiger partial charge in [-0.1, -0.05) is 12.1 Å². The minimum atomic E-state index is -1.04. The van der Waals surface area contributed by atoms with Gasteiger partial charge in [0.15, 0.2) is 6.61 Å². The van der Waals surface area contributed by atoms with Crippen molar-refractivity contribution in [2.45, 2.75) is 19.4 Å². The Morgan fingerprint density at radius 1 is 1.17 bits per heavy atom. The first kappa shape index (κ1) is 16.0. The van der Waals surface area contributed by atoms with Gasteiger partial charge in [0.1, 0.15) is 17.1 Å². The molecule has 1 aliphatic heterocycles. The molecular formula is C18H17FN2O3. The molecule has 1 heterocycles. The zero-order chi connectivity index (χ0) is 17.3. The van der Waals surface area contributed by atoms with Crippen LogP contribution in [0.5, 0.6) is 5.75 Å². The van der Waals surface area contributed by atoms with Crippen molar-refractivity contribution in [3.05, 3.63) is 54.3 Å². The van der Waals surface area contributed by atoms with E-state index in [0.717, 1.165) is 0 Å². The van der Waals surface area contributed by atoms with Crippen LogP contribution in [0.1, 0.15) is 13.8 Å². The number of halogens is 1. The predicted molar refractivity (Wildman–Crippen MR) is 88.5 cm³/mol.